The summed E-state index contributed by atoms with van der Waals surface area (Å²) in [6, 6.07) is 115. The van der Waals surface area contributed by atoms with Gasteiger partial charge in [0.1, 0.15) is 0 Å². The van der Waals surface area contributed by atoms with Crippen LogP contribution < -0.4 is 0 Å². The minimum Gasteiger partial charge on any atom is -0.246 e. The quantitative estimate of drug-likeness (QED) is 0.112. The molecule has 418 valence electrons. The Kier molecular flexibility index (Phi) is 13.5. The van der Waals surface area contributed by atoms with Crippen molar-refractivity contribution in [3.8, 4) is 95.9 Å². The van der Waals surface area contributed by atoms with Gasteiger partial charge in [-0.05, 0) is 117 Å². The molecule has 0 saturated carbocycles. The lowest BCUT2D eigenvalue weighted by atomic mass is 9.89. The number of hydrogen-bond acceptors (Lipinski definition) is 5. The highest BCUT2D eigenvalue weighted by Crippen LogP contribution is 2.43. The first-order chi connectivity index (χ1) is 44.6. The summed E-state index contributed by atoms with van der Waals surface area (Å²) in [5.41, 5.74) is 17.3. The molecule has 0 saturated heterocycles. The van der Waals surface area contributed by atoms with Crippen molar-refractivity contribution in [2.75, 3.05) is 0 Å². The van der Waals surface area contributed by atoms with Crippen LogP contribution in [0.5, 0.6) is 0 Å². The van der Waals surface area contributed by atoms with Gasteiger partial charge in [-0.3, -0.25) is 0 Å². The third-order valence-corrected chi connectivity index (χ3v) is 17.4. The van der Waals surface area contributed by atoms with E-state index < -0.39 is 0 Å². The van der Waals surface area contributed by atoms with Crippen molar-refractivity contribution in [2.45, 2.75) is 0 Å². The normalized spacial score (nSPS) is 11.3. The third-order valence-electron chi connectivity index (χ3n) is 17.4. The summed E-state index contributed by atoms with van der Waals surface area (Å²) in [5.74, 6) is 1.93. The van der Waals surface area contributed by atoms with Crippen molar-refractivity contribution in [1.82, 2.24) is 19.9 Å². The van der Waals surface area contributed by atoms with Gasteiger partial charge in [0.25, 0.3) is 0 Å². The second kappa shape index (κ2) is 22.9. The largest absolute Gasteiger partial charge is 0.246 e. The average Bonchev–Trinajstić information content (AvgIpc) is 0.842. The second-order valence-corrected chi connectivity index (χ2v) is 22.7. The van der Waals surface area contributed by atoms with E-state index in [4.69, 9.17) is 25.2 Å². The van der Waals surface area contributed by atoms with Crippen LogP contribution in [0.15, 0.2) is 322 Å². The summed E-state index contributed by atoms with van der Waals surface area (Å²) in [6.45, 7) is 0. The first kappa shape index (κ1) is 53.3. The minimum atomic E-state index is 0.638. The maximum Gasteiger partial charge on any atom is 0.164 e. The fourth-order valence-corrected chi connectivity index (χ4v) is 13.0. The van der Waals surface area contributed by atoms with Crippen LogP contribution in [0.1, 0.15) is 5.56 Å². The molecule has 17 aromatic rings. The van der Waals surface area contributed by atoms with Crippen molar-refractivity contribution < 1.29 is 0 Å². The molecule has 0 unspecified atom stereocenters. The predicted molar refractivity (Wildman–Crippen MR) is 375 cm³/mol. The Bertz CT molecular complexity index is 5490. The Balaban J connectivity index is 0.000000145. The minimum absolute atomic E-state index is 0.638. The van der Waals surface area contributed by atoms with E-state index >= 15 is 0 Å². The highest BCUT2D eigenvalue weighted by Gasteiger charge is 2.19. The van der Waals surface area contributed by atoms with Gasteiger partial charge in [-0.1, -0.05) is 297 Å². The molecule has 0 atom stereocenters. The van der Waals surface area contributed by atoms with E-state index in [0.717, 1.165) is 50.0 Å². The Morgan fingerprint density at radius 2 is 0.589 bits per heavy atom. The van der Waals surface area contributed by atoms with Crippen LogP contribution in [0.25, 0.3) is 165 Å². The third kappa shape index (κ3) is 9.81. The van der Waals surface area contributed by atoms with Crippen LogP contribution >= 0.6 is 0 Å². The molecule has 5 heteroatoms. The molecule has 2 heterocycles. The van der Waals surface area contributed by atoms with Crippen molar-refractivity contribution in [2.24, 2.45) is 0 Å². The first-order valence-corrected chi connectivity index (χ1v) is 30.3. The smallest absolute Gasteiger partial charge is 0.164 e. The van der Waals surface area contributed by atoms with E-state index in [1.54, 1.807) is 0 Å². The average molecular weight is 1140 g/mol. The molecule has 0 aliphatic rings. The Labute approximate surface area is 520 Å². The fourth-order valence-electron chi connectivity index (χ4n) is 13.0. The number of hydrogen-bond donors (Lipinski definition) is 0. The lowest BCUT2D eigenvalue weighted by Crippen LogP contribution is -2.00. The molecule has 90 heavy (non-hydrogen) atoms. The summed E-state index contributed by atoms with van der Waals surface area (Å²) in [4.78, 5) is 20.0. The molecule has 0 N–H and O–H groups in total. The highest BCUT2D eigenvalue weighted by atomic mass is 15.0. The number of pyridine rings is 1. The maximum atomic E-state index is 9.13. The number of rotatable bonds is 8. The summed E-state index contributed by atoms with van der Waals surface area (Å²) < 4.78 is 0. The molecule has 0 spiro atoms. The van der Waals surface area contributed by atoms with Crippen LogP contribution in [-0.4, -0.2) is 19.9 Å². The molecule has 5 nitrogen and oxygen atoms in total. The van der Waals surface area contributed by atoms with Crippen molar-refractivity contribution >= 4 is 75.7 Å². The van der Waals surface area contributed by atoms with Gasteiger partial charge in [-0.15, -0.1) is 0 Å². The zero-order chi connectivity index (χ0) is 59.9. The molecule has 2 aromatic heterocycles. The second-order valence-electron chi connectivity index (χ2n) is 22.7. The molecule has 17 rings (SSSR count). The van der Waals surface area contributed by atoms with E-state index in [1.165, 1.54) is 98.0 Å². The molecule has 0 radical (unpaired) electrons. The zero-order valence-corrected chi connectivity index (χ0v) is 48.8. The monoisotopic (exact) mass is 1140 g/mol. The van der Waals surface area contributed by atoms with Crippen LogP contribution in [0.2, 0.25) is 0 Å². The lowest BCUT2D eigenvalue weighted by Gasteiger charge is -2.16. The van der Waals surface area contributed by atoms with Gasteiger partial charge < -0.3 is 0 Å². The topological polar surface area (TPSA) is 75.3 Å². The van der Waals surface area contributed by atoms with E-state index in [2.05, 4.69) is 243 Å². The van der Waals surface area contributed by atoms with Crippen molar-refractivity contribution in [3.05, 3.63) is 327 Å². The van der Waals surface area contributed by atoms with Gasteiger partial charge in [-0.2, -0.15) is 5.26 Å². The number of nitrogens with zero attached hydrogens (tertiary/aromatic N) is 5. The Morgan fingerprint density at radius 1 is 0.211 bits per heavy atom. The van der Waals surface area contributed by atoms with E-state index in [0.29, 0.717) is 23.0 Å². The number of aromatic nitrogens is 4. The molecule has 0 amide bonds. The van der Waals surface area contributed by atoms with E-state index in [-0.39, 0.29) is 0 Å². The molecule has 0 bridgehead atoms. The summed E-state index contributed by atoms with van der Waals surface area (Å²) in [6.07, 6.45) is 0. The van der Waals surface area contributed by atoms with Gasteiger partial charge in [-0.25, -0.2) is 19.9 Å². The fraction of sp³-hybridized carbons (Fsp3) is 0. The molecular formula is C85H53N5. The van der Waals surface area contributed by atoms with Gasteiger partial charge in [0.05, 0.1) is 22.7 Å². The standard InChI is InChI=1S/C44H28N4.C41H25N/c45-29-30-15-17-31(18-16-30)32-19-21-33(22-20-32)38-27-28-39(41-14-8-7-13-40(38)41)34-23-25-37(26-24-34)44-47-42(35-9-3-1-4-10-35)46-43(48-44)36-11-5-2-6-12-36;1-5-16-32-26(10-1)20-22-36-39(37-23-21-27-11-2-6-17-33(27)41(37)42-40(32)36)30-14-9-13-28(24-30)38-25-29-12-3-4-15-31(29)34-18-7-8-19-35(34)38/h1-28H;1-25H. The molecule has 15 aromatic carbocycles. The summed E-state index contributed by atoms with van der Waals surface area (Å²) in [5, 5.41) is 23.8. The van der Waals surface area contributed by atoms with E-state index in [9.17, 15) is 0 Å². The van der Waals surface area contributed by atoms with E-state index in [1.807, 2.05) is 84.9 Å². The number of nitriles is 1. The summed E-state index contributed by atoms with van der Waals surface area (Å²) >= 11 is 0. The van der Waals surface area contributed by atoms with Crippen LogP contribution in [-0.2, 0) is 0 Å². The Hall–Kier alpha value is -12.2. The SMILES string of the molecule is N#Cc1ccc(-c2ccc(-c3ccc(-c4ccc(-c5nc(-c6ccccc6)nc(-c6ccccc6)n5)cc4)c4ccccc34)cc2)cc1.c1cc(-c2cc3ccccc3c3ccccc23)cc(-c2c3ccc4ccccc4c3nc3c2ccc2ccccc23)c1. The molecule has 0 aliphatic carbocycles. The predicted octanol–water partition coefficient (Wildman–Crippen LogP) is 22.2. The molecular weight excluding hydrogens is 1090 g/mol. The van der Waals surface area contributed by atoms with Crippen molar-refractivity contribution in [1.29, 1.82) is 5.26 Å². The van der Waals surface area contributed by atoms with Crippen LogP contribution in [0.4, 0.5) is 0 Å². The van der Waals surface area contributed by atoms with Gasteiger partial charge in [0, 0.05) is 43.8 Å². The van der Waals surface area contributed by atoms with Crippen LogP contribution in [0, 0.1) is 11.3 Å². The van der Waals surface area contributed by atoms with Crippen molar-refractivity contribution in [3.63, 3.8) is 0 Å². The summed E-state index contributed by atoms with van der Waals surface area (Å²) in [7, 11) is 0. The number of fused-ring (bicyclic) bond motifs is 10. The van der Waals surface area contributed by atoms with Gasteiger partial charge in [0.2, 0.25) is 0 Å². The zero-order valence-electron chi connectivity index (χ0n) is 48.8. The lowest BCUT2D eigenvalue weighted by molar-refractivity contribution is 1.07. The highest BCUT2D eigenvalue weighted by molar-refractivity contribution is 6.22. The molecule has 0 fully saturated rings. The van der Waals surface area contributed by atoms with Crippen LogP contribution in [0.3, 0.4) is 0 Å². The van der Waals surface area contributed by atoms with Gasteiger partial charge >= 0.3 is 0 Å². The Morgan fingerprint density at radius 3 is 1.10 bits per heavy atom. The maximum absolute atomic E-state index is 9.13. The first-order valence-electron chi connectivity index (χ1n) is 30.3. The molecule has 0 aliphatic heterocycles. The van der Waals surface area contributed by atoms with Gasteiger partial charge in [0.15, 0.2) is 17.5 Å². The number of benzene rings is 15.